The molecule has 1 aliphatic rings. The van der Waals surface area contributed by atoms with E-state index in [4.69, 9.17) is 4.74 Å². The van der Waals surface area contributed by atoms with Crippen LogP contribution >= 0.6 is 0 Å². The zero-order valence-electron chi connectivity index (χ0n) is 17.1. The van der Waals surface area contributed by atoms with Gasteiger partial charge >= 0.3 is 0 Å². The molecule has 1 saturated heterocycles. The molecule has 1 fully saturated rings. The molecule has 29 heavy (non-hydrogen) atoms. The minimum Gasteiger partial charge on any atom is -0.385 e. The average Bonchev–Trinajstić information content (AvgIpc) is 3.11. The molecule has 2 atom stereocenters. The van der Waals surface area contributed by atoms with E-state index in [0.717, 1.165) is 37.2 Å². The fraction of sp³-hybridized carbons (Fsp3) is 0.524. The van der Waals surface area contributed by atoms with Crippen molar-refractivity contribution in [1.29, 1.82) is 0 Å². The number of quaternary nitrogens is 1. The first kappa shape index (κ1) is 21.7. The van der Waals surface area contributed by atoms with E-state index in [0.29, 0.717) is 26.1 Å². The van der Waals surface area contributed by atoms with Gasteiger partial charge in [-0.15, -0.1) is 0 Å². The van der Waals surface area contributed by atoms with Gasteiger partial charge in [-0.1, -0.05) is 30.3 Å². The van der Waals surface area contributed by atoms with Crippen LogP contribution in [0.25, 0.3) is 0 Å². The molecule has 0 radical (unpaired) electrons. The Balaban J connectivity index is 1.73. The summed E-state index contributed by atoms with van der Waals surface area (Å²) in [5.41, 5.74) is 1.66. The summed E-state index contributed by atoms with van der Waals surface area (Å²) in [6.07, 6.45) is 5.45. The molecule has 2 aromatic rings. The summed E-state index contributed by atoms with van der Waals surface area (Å²) in [5.74, 6) is 0.202. The van der Waals surface area contributed by atoms with Crippen LogP contribution in [0.4, 0.5) is 0 Å². The third kappa shape index (κ3) is 5.52. The Labute approximate surface area is 172 Å². The number of nitrogens with zero attached hydrogens (tertiary/aromatic N) is 2. The maximum atomic E-state index is 12.9. The van der Waals surface area contributed by atoms with Gasteiger partial charge in [-0.2, -0.15) is 0 Å². The summed E-state index contributed by atoms with van der Waals surface area (Å²) < 4.78 is 31.2. The molecule has 2 unspecified atom stereocenters. The lowest BCUT2D eigenvalue weighted by atomic mass is 9.90. The Morgan fingerprint density at radius 1 is 1.31 bits per heavy atom. The van der Waals surface area contributed by atoms with Gasteiger partial charge < -0.3 is 14.2 Å². The lowest BCUT2D eigenvalue weighted by Gasteiger charge is -2.29. The average molecular weight is 421 g/mol. The molecular formula is C21H30N3O4S+. The van der Waals surface area contributed by atoms with E-state index in [2.05, 4.69) is 4.98 Å². The fourth-order valence-electron chi connectivity index (χ4n) is 4.06. The van der Waals surface area contributed by atoms with Crippen LogP contribution in [-0.2, 0) is 27.7 Å². The van der Waals surface area contributed by atoms with Crippen LogP contribution in [-0.4, -0.2) is 56.8 Å². The lowest BCUT2D eigenvalue weighted by molar-refractivity contribution is -0.921. The Bertz CT molecular complexity index is 925. The number of methoxy groups -OCH3 is 1. The molecular weight excluding hydrogens is 390 g/mol. The molecule has 3 rings (SSSR count). The van der Waals surface area contributed by atoms with Crippen LogP contribution in [0.5, 0.6) is 0 Å². The molecule has 0 aliphatic carbocycles. The molecule has 7 nitrogen and oxygen atoms in total. The van der Waals surface area contributed by atoms with Crippen molar-refractivity contribution in [3.63, 3.8) is 0 Å². The van der Waals surface area contributed by atoms with Crippen LogP contribution in [0.2, 0.25) is 0 Å². The summed E-state index contributed by atoms with van der Waals surface area (Å²) in [6.45, 7) is 3.49. The SMILES string of the molecule is COCCCn1c(C[NH+]2CCCC(C(=O)c3ccccc3)C2)cnc1S(C)(=O)=O. The minimum absolute atomic E-state index is 0.000362. The van der Waals surface area contributed by atoms with Crippen molar-refractivity contribution in [1.82, 2.24) is 9.55 Å². The number of Topliss-reactive ketones (excluding diaryl/α,β-unsaturated/α-hetero) is 1. The van der Waals surface area contributed by atoms with E-state index in [9.17, 15) is 13.2 Å². The van der Waals surface area contributed by atoms with Gasteiger partial charge in [0.1, 0.15) is 6.54 Å². The number of hydrogen-bond acceptors (Lipinski definition) is 5. The third-order valence-corrected chi connectivity index (χ3v) is 6.43. The summed E-state index contributed by atoms with van der Waals surface area (Å²) in [4.78, 5) is 18.3. The van der Waals surface area contributed by atoms with Gasteiger partial charge in [0.15, 0.2) is 5.78 Å². The minimum atomic E-state index is -3.40. The normalized spacial score (nSPS) is 19.9. The van der Waals surface area contributed by atoms with Gasteiger partial charge in [-0.25, -0.2) is 13.4 Å². The van der Waals surface area contributed by atoms with Crippen molar-refractivity contribution in [3.8, 4) is 0 Å². The monoisotopic (exact) mass is 420 g/mol. The van der Waals surface area contributed by atoms with E-state index in [-0.39, 0.29) is 16.9 Å². The molecule has 1 aromatic carbocycles. The van der Waals surface area contributed by atoms with Crippen molar-refractivity contribution < 1.29 is 22.8 Å². The van der Waals surface area contributed by atoms with Crippen molar-refractivity contribution >= 4 is 15.6 Å². The van der Waals surface area contributed by atoms with E-state index in [1.54, 1.807) is 17.9 Å². The highest BCUT2D eigenvalue weighted by atomic mass is 32.2. The van der Waals surface area contributed by atoms with Crippen LogP contribution in [0, 0.1) is 5.92 Å². The first-order valence-electron chi connectivity index (χ1n) is 10.1. The summed E-state index contributed by atoms with van der Waals surface area (Å²) in [7, 11) is -1.77. The zero-order valence-corrected chi connectivity index (χ0v) is 18.0. The number of piperidine rings is 1. The number of hydrogen-bond donors (Lipinski definition) is 1. The number of carbonyl (C=O) groups is 1. The van der Waals surface area contributed by atoms with E-state index in [1.165, 1.54) is 11.2 Å². The quantitative estimate of drug-likeness (QED) is 0.483. The maximum absolute atomic E-state index is 12.9. The first-order chi connectivity index (χ1) is 13.9. The largest absolute Gasteiger partial charge is 0.385 e. The zero-order chi connectivity index (χ0) is 20.9. The maximum Gasteiger partial charge on any atom is 0.227 e. The Hall–Kier alpha value is -2.03. The Morgan fingerprint density at radius 3 is 2.76 bits per heavy atom. The number of sulfone groups is 1. The highest BCUT2D eigenvalue weighted by molar-refractivity contribution is 7.90. The van der Waals surface area contributed by atoms with Crippen LogP contribution < -0.4 is 4.90 Å². The van der Waals surface area contributed by atoms with Gasteiger partial charge in [0.2, 0.25) is 15.0 Å². The van der Waals surface area contributed by atoms with Crippen molar-refractivity contribution in [2.75, 3.05) is 33.1 Å². The lowest BCUT2D eigenvalue weighted by Crippen LogP contribution is -3.12. The topological polar surface area (TPSA) is 82.7 Å². The number of likely N-dealkylation sites (tertiary alicyclic amines) is 1. The summed E-state index contributed by atoms with van der Waals surface area (Å²) >= 11 is 0. The highest BCUT2D eigenvalue weighted by Crippen LogP contribution is 2.16. The van der Waals surface area contributed by atoms with E-state index >= 15 is 0 Å². The second kappa shape index (κ2) is 9.65. The van der Waals surface area contributed by atoms with Crippen molar-refractivity contribution in [2.24, 2.45) is 5.92 Å². The first-order valence-corrected chi connectivity index (χ1v) is 12.0. The Kier molecular flexibility index (Phi) is 7.21. The molecule has 0 saturated carbocycles. The fourth-order valence-corrected chi connectivity index (χ4v) is 4.92. The van der Waals surface area contributed by atoms with Gasteiger partial charge in [-0.05, 0) is 19.3 Å². The number of benzene rings is 1. The molecule has 1 aromatic heterocycles. The second-order valence-corrected chi connectivity index (χ2v) is 9.66. The number of imidazole rings is 1. The number of aromatic nitrogens is 2. The van der Waals surface area contributed by atoms with Crippen LogP contribution in [0.15, 0.2) is 41.7 Å². The molecule has 1 N–H and O–H groups in total. The molecule has 8 heteroatoms. The van der Waals surface area contributed by atoms with Crippen LogP contribution in [0.1, 0.15) is 35.3 Å². The van der Waals surface area contributed by atoms with E-state index in [1.807, 2.05) is 30.3 Å². The molecule has 0 amide bonds. The number of carbonyl (C=O) groups excluding carboxylic acids is 1. The smallest absolute Gasteiger partial charge is 0.227 e. The predicted octanol–water partition coefficient (Wildman–Crippen LogP) is 1.00. The molecule has 0 spiro atoms. The molecule has 1 aliphatic heterocycles. The van der Waals surface area contributed by atoms with Gasteiger partial charge in [0, 0.05) is 32.1 Å². The number of nitrogens with one attached hydrogen (secondary N) is 1. The highest BCUT2D eigenvalue weighted by Gasteiger charge is 2.30. The summed E-state index contributed by atoms with van der Waals surface area (Å²) in [6, 6.07) is 9.46. The standard InChI is InChI=1S/C21H29N3O4S/c1-28-13-7-12-24-19(14-22-21(24)29(2,26)27)16-23-11-6-10-18(15-23)20(25)17-8-4-3-5-9-17/h3-5,8-9,14,18H,6-7,10-13,15-16H2,1-2H3/p+1. The second-order valence-electron chi connectivity index (χ2n) is 7.75. The van der Waals surface area contributed by atoms with Gasteiger partial charge in [0.25, 0.3) is 0 Å². The van der Waals surface area contributed by atoms with Gasteiger partial charge in [-0.3, -0.25) is 4.79 Å². The predicted molar refractivity (Wildman–Crippen MR) is 110 cm³/mol. The third-order valence-electron chi connectivity index (χ3n) is 5.44. The van der Waals surface area contributed by atoms with Crippen molar-refractivity contribution in [3.05, 3.63) is 47.8 Å². The number of rotatable bonds is 9. The molecule has 2 heterocycles. The molecule has 158 valence electrons. The molecule has 0 bridgehead atoms. The summed E-state index contributed by atoms with van der Waals surface area (Å²) in [5, 5.41) is 0.108. The van der Waals surface area contributed by atoms with Gasteiger partial charge in [0.05, 0.1) is 30.9 Å². The van der Waals surface area contributed by atoms with E-state index < -0.39 is 9.84 Å². The van der Waals surface area contributed by atoms with Crippen molar-refractivity contribution in [2.45, 2.75) is 37.5 Å². The number of ether oxygens (including phenoxy) is 1. The van der Waals surface area contributed by atoms with Crippen LogP contribution in [0.3, 0.4) is 0 Å². The number of ketones is 1. The Morgan fingerprint density at radius 2 is 2.07 bits per heavy atom.